The number of carbonyl (C=O) groups is 1. The van der Waals surface area contributed by atoms with Crippen LogP contribution in [-0.2, 0) is 6.54 Å². The van der Waals surface area contributed by atoms with Gasteiger partial charge in [0.15, 0.2) is 0 Å². The molecule has 198 valence electrons. The van der Waals surface area contributed by atoms with Crippen molar-refractivity contribution < 1.29 is 4.79 Å². The quantitative estimate of drug-likeness (QED) is 0.335. The number of aryl methyl sites for hydroxylation is 1. The van der Waals surface area contributed by atoms with Gasteiger partial charge in [0.05, 0.1) is 51.1 Å². The first-order valence-electron chi connectivity index (χ1n) is 13.1. The summed E-state index contributed by atoms with van der Waals surface area (Å²) in [7, 11) is 0. The highest BCUT2D eigenvalue weighted by atomic mass is 35.5. The molecule has 1 fully saturated rings. The number of nitrogens with zero attached hydrogens (tertiary/aromatic N) is 6. The van der Waals surface area contributed by atoms with Crippen molar-refractivity contribution in [2.45, 2.75) is 45.2 Å². The van der Waals surface area contributed by atoms with Gasteiger partial charge in [-0.25, -0.2) is 9.48 Å². The van der Waals surface area contributed by atoms with Crippen molar-refractivity contribution in [3.05, 3.63) is 100 Å². The van der Waals surface area contributed by atoms with Crippen LogP contribution in [0, 0.1) is 12.8 Å². The Hall–Kier alpha value is -4.24. The maximum Gasteiger partial charge on any atom is 0.333 e. The highest BCUT2D eigenvalue weighted by molar-refractivity contribution is 6.30. The summed E-state index contributed by atoms with van der Waals surface area (Å²) in [5, 5.41) is 7.88. The molecule has 1 aromatic carbocycles. The average molecular weight is 542 g/mol. The van der Waals surface area contributed by atoms with Crippen LogP contribution in [-0.4, -0.2) is 40.8 Å². The Kier molecular flexibility index (Phi) is 6.74. The molecule has 1 aliphatic carbocycles. The number of benzene rings is 1. The first kappa shape index (κ1) is 25.1. The van der Waals surface area contributed by atoms with Gasteiger partial charge in [-0.2, -0.15) is 5.10 Å². The second-order valence-corrected chi connectivity index (χ2v) is 10.5. The third-order valence-corrected chi connectivity index (χ3v) is 7.70. The van der Waals surface area contributed by atoms with Crippen LogP contribution in [0.3, 0.4) is 0 Å². The molecule has 1 N–H and O–H groups in total. The van der Waals surface area contributed by atoms with Crippen LogP contribution >= 0.6 is 11.6 Å². The van der Waals surface area contributed by atoms with Gasteiger partial charge in [-0.3, -0.25) is 23.9 Å². The van der Waals surface area contributed by atoms with Gasteiger partial charge in [0, 0.05) is 31.2 Å². The Balaban J connectivity index is 1.20. The molecular formula is C29H28ClN7O2. The van der Waals surface area contributed by atoms with Crippen molar-refractivity contribution in [1.82, 2.24) is 34.2 Å². The molecule has 1 amide bonds. The molecule has 9 nitrogen and oxygen atoms in total. The summed E-state index contributed by atoms with van der Waals surface area (Å²) < 4.78 is 5.32. The second-order valence-electron chi connectivity index (χ2n) is 10.0. The Morgan fingerprint density at radius 2 is 1.79 bits per heavy atom. The number of para-hydroxylation sites is 2. The van der Waals surface area contributed by atoms with Crippen molar-refractivity contribution in [3.8, 4) is 11.4 Å². The molecule has 0 spiro atoms. The summed E-state index contributed by atoms with van der Waals surface area (Å²) in [5.41, 5.74) is 4.29. The Bertz CT molecular complexity index is 1700. The maximum atomic E-state index is 13.8. The molecule has 0 radical (unpaired) electrons. The summed E-state index contributed by atoms with van der Waals surface area (Å²) in [6.45, 7) is 2.43. The molecule has 5 aromatic rings. The number of aromatic nitrogens is 6. The third kappa shape index (κ3) is 4.97. The Morgan fingerprint density at radius 1 is 1.03 bits per heavy atom. The van der Waals surface area contributed by atoms with E-state index in [4.69, 9.17) is 11.6 Å². The van der Waals surface area contributed by atoms with Crippen molar-refractivity contribution >= 4 is 28.5 Å². The number of halogens is 1. The minimum Gasteiger partial charge on any atom is -0.349 e. The van der Waals surface area contributed by atoms with E-state index in [0.29, 0.717) is 34.4 Å². The average Bonchev–Trinajstić information content (AvgIpc) is 3.58. The Labute approximate surface area is 230 Å². The normalized spacial score (nSPS) is 17.4. The van der Waals surface area contributed by atoms with Crippen LogP contribution in [0.15, 0.2) is 78.2 Å². The number of hydrogen-bond donors (Lipinski definition) is 1. The molecule has 0 unspecified atom stereocenters. The maximum absolute atomic E-state index is 13.8. The zero-order chi connectivity index (χ0) is 26.9. The van der Waals surface area contributed by atoms with Crippen LogP contribution in [0.5, 0.6) is 0 Å². The minimum absolute atomic E-state index is 0.0845. The van der Waals surface area contributed by atoms with Gasteiger partial charge in [0.1, 0.15) is 0 Å². The molecule has 0 aliphatic heterocycles. The number of fused-ring (bicyclic) bond motifs is 1. The summed E-state index contributed by atoms with van der Waals surface area (Å²) in [6.07, 6.45) is 12.1. The van der Waals surface area contributed by atoms with Crippen molar-refractivity contribution in [1.29, 1.82) is 0 Å². The van der Waals surface area contributed by atoms with Crippen molar-refractivity contribution in [2.75, 3.05) is 0 Å². The van der Waals surface area contributed by atoms with E-state index in [1.807, 2.05) is 47.2 Å². The molecule has 4 heterocycles. The lowest BCUT2D eigenvalue weighted by Crippen LogP contribution is -2.39. The molecule has 39 heavy (non-hydrogen) atoms. The fraction of sp³-hybridized carbons (Fsp3) is 0.276. The largest absolute Gasteiger partial charge is 0.349 e. The van der Waals surface area contributed by atoms with E-state index >= 15 is 0 Å². The van der Waals surface area contributed by atoms with E-state index in [1.165, 1.54) is 0 Å². The molecule has 4 aromatic heterocycles. The molecule has 1 aliphatic rings. The molecular weight excluding hydrogens is 514 g/mol. The highest BCUT2D eigenvalue weighted by Crippen LogP contribution is 2.28. The predicted octanol–water partition coefficient (Wildman–Crippen LogP) is 4.72. The second kappa shape index (κ2) is 10.5. The highest BCUT2D eigenvalue weighted by Gasteiger charge is 2.26. The van der Waals surface area contributed by atoms with Gasteiger partial charge in [0.25, 0.3) is 5.91 Å². The number of pyridine rings is 2. The van der Waals surface area contributed by atoms with E-state index in [9.17, 15) is 9.59 Å². The number of nitrogens with one attached hydrogen (secondary N) is 1. The smallest absolute Gasteiger partial charge is 0.333 e. The first-order valence-corrected chi connectivity index (χ1v) is 13.4. The molecule has 0 bridgehead atoms. The number of hydrogen-bond acceptors (Lipinski definition) is 5. The molecule has 10 heteroatoms. The first-order chi connectivity index (χ1) is 19.0. The van der Waals surface area contributed by atoms with E-state index in [1.54, 1.807) is 47.0 Å². The number of rotatable bonds is 6. The SMILES string of the molecule is Cc1ncc(Cl)cc1C(=O)N[C@H]1CC[C@H](Cn2c(=O)n(-c3cncc(-n4cccn4)c3)c3ccccc32)CC1. The summed E-state index contributed by atoms with van der Waals surface area (Å²) >= 11 is 6.05. The standard InChI is InChI=1S/C29H28ClN7O2/c1-19-25(13-21(30)15-32-19)28(38)34-22-9-7-20(8-10-22)18-35-26-5-2-3-6-27(26)37(29(35)39)24-14-23(16-31-17-24)36-12-4-11-33-36/h2-6,11-17,20,22H,7-10,18H2,1H3,(H,34,38)/t20-,22-. The van der Waals surface area contributed by atoms with Gasteiger partial charge in [-0.1, -0.05) is 23.7 Å². The summed E-state index contributed by atoms with van der Waals surface area (Å²) in [5.74, 6) is 0.189. The van der Waals surface area contributed by atoms with Gasteiger partial charge in [0.2, 0.25) is 0 Å². The lowest BCUT2D eigenvalue weighted by molar-refractivity contribution is 0.0919. The van der Waals surface area contributed by atoms with Crippen LogP contribution in [0.2, 0.25) is 5.02 Å². The van der Waals surface area contributed by atoms with Gasteiger partial charge in [-0.05, 0) is 68.9 Å². The van der Waals surface area contributed by atoms with Crippen LogP contribution in [0.4, 0.5) is 0 Å². The lowest BCUT2D eigenvalue weighted by Gasteiger charge is -2.29. The zero-order valence-electron chi connectivity index (χ0n) is 21.5. The minimum atomic E-state index is -0.142. The molecule has 0 atom stereocenters. The lowest BCUT2D eigenvalue weighted by atomic mass is 9.85. The summed E-state index contributed by atoms with van der Waals surface area (Å²) in [4.78, 5) is 35.2. The van der Waals surface area contributed by atoms with Crippen LogP contribution < -0.4 is 11.0 Å². The van der Waals surface area contributed by atoms with E-state index < -0.39 is 0 Å². The van der Waals surface area contributed by atoms with E-state index in [2.05, 4.69) is 20.4 Å². The van der Waals surface area contributed by atoms with E-state index in [0.717, 1.165) is 42.4 Å². The van der Waals surface area contributed by atoms with Crippen molar-refractivity contribution in [3.63, 3.8) is 0 Å². The van der Waals surface area contributed by atoms with Crippen molar-refractivity contribution in [2.24, 2.45) is 5.92 Å². The number of imidazole rings is 1. The van der Waals surface area contributed by atoms with Gasteiger partial charge >= 0.3 is 5.69 Å². The van der Waals surface area contributed by atoms with E-state index in [-0.39, 0.29) is 17.6 Å². The molecule has 0 saturated heterocycles. The van der Waals surface area contributed by atoms with Gasteiger partial charge < -0.3 is 5.32 Å². The predicted molar refractivity (Wildman–Crippen MR) is 150 cm³/mol. The molecule has 6 rings (SSSR count). The zero-order valence-corrected chi connectivity index (χ0v) is 22.3. The van der Waals surface area contributed by atoms with Crippen LogP contribution in [0.25, 0.3) is 22.4 Å². The third-order valence-electron chi connectivity index (χ3n) is 7.49. The fourth-order valence-corrected chi connectivity index (χ4v) is 5.63. The fourth-order valence-electron chi connectivity index (χ4n) is 5.47. The van der Waals surface area contributed by atoms with Gasteiger partial charge in [-0.15, -0.1) is 0 Å². The molecule has 1 saturated carbocycles. The number of amides is 1. The number of carbonyl (C=O) groups excluding carboxylic acids is 1. The monoisotopic (exact) mass is 541 g/mol. The Morgan fingerprint density at radius 3 is 2.56 bits per heavy atom. The summed E-state index contributed by atoms with van der Waals surface area (Å²) in [6, 6.07) is 13.4. The van der Waals surface area contributed by atoms with Crippen LogP contribution in [0.1, 0.15) is 41.7 Å². The topological polar surface area (TPSA) is 99.6 Å².